The molecule has 1 N–H and O–H groups in total. The smallest absolute Gasteiger partial charge is 0.431 e. The lowest BCUT2D eigenvalue weighted by Gasteiger charge is -2.17. The topological polar surface area (TPSA) is 97.7 Å². The molecule has 38 heavy (non-hydrogen) atoms. The molecule has 8 nitrogen and oxygen atoms in total. The van der Waals surface area contributed by atoms with Gasteiger partial charge in [0.1, 0.15) is 11.3 Å². The Hall–Kier alpha value is -4.19. The first kappa shape index (κ1) is 25.5. The van der Waals surface area contributed by atoms with Crippen molar-refractivity contribution in [1.82, 2.24) is 14.9 Å². The number of pyridine rings is 1. The van der Waals surface area contributed by atoms with Crippen molar-refractivity contribution in [3.05, 3.63) is 87.5 Å². The first-order chi connectivity index (χ1) is 18.2. The number of H-pyrrole nitrogens is 1. The molecule has 2 aromatic heterocycles. The Balaban J connectivity index is 1.50. The minimum Gasteiger partial charge on any atom is -0.493 e. The maximum Gasteiger partial charge on any atom is 0.431 e. The van der Waals surface area contributed by atoms with Gasteiger partial charge in [0, 0.05) is 23.5 Å². The van der Waals surface area contributed by atoms with Gasteiger partial charge in [-0.3, -0.25) is 9.59 Å². The van der Waals surface area contributed by atoms with Crippen LogP contribution in [0.3, 0.4) is 0 Å². The van der Waals surface area contributed by atoms with Crippen LogP contribution in [0.1, 0.15) is 27.2 Å². The average Bonchev–Trinajstić information content (AvgIpc) is 3.54. The molecule has 1 aliphatic heterocycles. The predicted octanol–water partition coefficient (Wildman–Crippen LogP) is 5.37. The van der Waals surface area contributed by atoms with Gasteiger partial charge in [-0.1, -0.05) is 30.3 Å². The third-order valence-electron chi connectivity index (χ3n) is 5.97. The van der Waals surface area contributed by atoms with Gasteiger partial charge < -0.3 is 23.8 Å². The first-order valence-corrected chi connectivity index (χ1v) is 12.1. The predicted molar refractivity (Wildman–Crippen MR) is 131 cm³/mol. The normalized spacial score (nSPS) is 12.9. The van der Waals surface area contributed by atoms with E-state index >= 15 is 0 Å². The number of nitrogens with zero attached hydrogens (tertiary/aromatic N) is 2. The number of carbonyl (C=O) groups excluding carboxylic acids is 1. The molecule has 3 heterocycles. The largest absolute Gasteiger partial charge is 0.493 e. The Bertz CT molecular complexity index is 1530. The van der Waals surface area contributed by atoms with E-state index in [4.69, 9.17) is 13.9 Å². The van der Waals surface area contributed by atoms with Crippen molar-refractivity contribution in [2.75, 3.05) is 14.2 Å². The summed E-state index contributed by atoms with van der Waals surface area (Å²) in [6.45, 7) is 0.270. The van der Waals surface area contributed by atoms with Crippen LogP contribution in [-0.2, 0) is 19.3 Å². The molecule has 0 bridgehead atoms. The summed E-state index contributed by atoms with van der Waals surface area (Å²) in [5.41, 5.74) is -0.619. The van der Waals surface area contributed by atoms with E-state index in [0.29, 0.717) is 34.6 Å². The molecule has 1 aliphatic rings. The summed E-state index contributed by atoms with van der Waals surface area (Å²) in [6, 6.07) is 13.2. The van der Waals surface area contributed by atoms with Crippen LogP contribution in [0.25, 0.3) is 11.3 Å². The van der Waals surface area contributed by atoms with Crippen LogP contribution in [0.5, 0.6) is 11.5 Å². The lowest BCUT2D eigenvalue weighted by Crippen LogP contribution is -2.32. The molecule has 0 atom stereocenters. The number of oxazole rings is 1. The summed E-state index contributed by atoms with van der Waals surface area (Å²) in [5, 5.41) is -0.0178. The number of carbonyl (C=O) groups is 1. The Morgan fingerprint density at radius 1 is 1.05 bits per heavy atom. The van der Waals surface area contributed by atoms with Gasteiger partial charge in [0.2, 0.25) is 0 Å². The summed E-state index contributed by atoms with van der Waals surface area (Å²) in [7, 11) is 2.97. The van der Waals surface area contributed by atoms with Crippen molar-refractivity contribution in [3.63, 3.8) is 0 Å². The Morgan fingerprint density at radius 2 is 1.68 bits per heavy atom. The zero-order valence-corrected chi connectivity index (χ0v) is 20.9. The molecule has 4 aromatic rings. The third kappa shape index (κ3) is 4.86. The highest BCUT2D eigenvalue weighted by Crippen LogP contribution is 2.38. The second-order valence-corrected chi connectivity index (χ2v) is 9.34. The Labute approximate surface area is 218 Å². The molecule has 0 saturated heterocycles. The monoisotopic (exact) mass is 543 g/mol. The number of aromatic nitrogens is 2. The van der Waals surface area contributed by atoms with E-state index in [0.717, 1.165) is 17.2 Å². The van der Waals surface area contributed by atoms with Crippen molar-refractivity contribution >= 4 is 17.7 Å². The number of halogens is 3. The fourth-order valence-corrected chi connectivity index (χ4v) is 5.02. The van der Waals surface area contributed by atoms with Crippen molar-refractivity contribution in [2.24, 2.45) is 0 Å². The van der Waals surface area contributed by atoms with E-state index in [-0.39, 0.29) is 23.2 Å². The fraction of sp³-hybridized carbons (Fsp3) is 0.192. The number of rotatable bonds is 6. The van der Waals surface area contributed by atoms with Gasteiger partial charge in [-0.05, 0) is 41.1 Å². The lowest BCUT2D eigenvalue weighted by atomic mass is 10.1. The zero-order valence-electron chi connectivity index (χ0n) is 20.1. The second kappa shape index (κ2) is 9.93. The Kier molecular flexibility index (Phi) is 6.66. The number of fused-ring (bicyclic) bond motifs is 1. The fourth-order valence-electron chi connectivity index (χ4n) is 4.13. The summed E-state index contributed by atoms with van der Waals surface area (Å²) >= 11 is 0.672. The molecule has 5 rings (SSSR count). The van der Waals surface area contributed by atoms with Gasteiger partial charge in [0.25, 0.3) is 16.7 Å². The Morgan fingerprint density at radius 3 is 2.26 bits per heavy atom. The van der Waals surface area contributed by atoms with Crippen molar-refractivity contribution in [3.8, 4) is 22.8 Å². The lowest BCUT2D eigenvalue weighted by molar-refractivity contribution is -0.141. The molecular formula is C26H20F3N3O5S. The van der Waals surface area contributed by atoms with Gasteiger partial charge >= 0.3 is 6.18 Å². The summed E-state index contributed by atoms with van der Waals surface area (Å²) in [6.07, 6.45) is -3.41. The summed E-state index contributed by atoms with van der Waals surface area (Å²) in [5.74, 6) is 0.607. The van der Waals surface area contributed by atoms with E-state index in [1.165, 1.54) is 25.3 Å². The standard InChI is InChI=1S/C26H20F3N3O5S/c1-35-17-8-15-12-32(13-16(15)9-18(17)36-2)24(34)22-20(10-21(26(27,28)29)31-23(22)33)38-25-30-11-19(37-25)14-6-4-3-5-7-14/h3-11H,12-13H2,1-2H3,(H,31,33). The number of hydrogen-bond acceptors (Lipinski definition) is 7. The molecule has 0 fully saturated rings. The zero-order chi connectivity index (χ0) is 27.0. The van der Waals surface area contributed by atoms with Gasteiger partial charge in [0.15, 0.2) is 17.3 Å². The molecular weight excluding hydrogens is 523 g/mol. The highest BCUT2D eigenvalue weighted by atomic mass is 32.2. The second-order valence-electron chi connectivity index (χ2n) is 8.34. The molecule has 0 spiro atoms. The maximum absolute atomic E-state index is 13.5. The van der Waals surface area contributed by atoms with E-state index < -0.39 is 28.9 Å². The van der Waals surface area contributed by atoms with Crippen LogP contribution < -0.4 is 15.0 Å². The number of benzene rings is 2. The average molecular weight is 544 g/mol. The van der Waals surface area contributed by atoms with Gasteiger partial charge in [-0.2, -0.15) is 13.2 Å². The molecule has 2 aromatic carbocycles. The van der Waals surface area contributed by atoms with Crippen LogP contribution in [0, 0.1) is 0 Å². The van der Waals surface area contributed by atoms with Crippen LogP contribution in [0.4, 0.5) is 13.2 Å². The molecule has 0 radical (unpaired) electrons. The van der Waals surface area contributed by atoms with E-state index in [1.54, 1.807) is 41.4 Å². The number of methoxy groups -OCH3 is 2. The first-order valence-electron chi connectivity index (χ1n) is 11.2. The van der Waals surface area contributed by atoms with E-state index in [2.05, 4.69) is 4.98 Å². The van der Waals surface area contributed by atoms with E-state index in [9.17, 15) is 22.8 Å². The highest BCUT2D eigenvalue weighted by Gasteiger charge is 2.36. The van der Waals surface area contributed by atoms with Gasteiger partial charge in [-0.15, -0.1) is 0 Å². The molecule has 0 unspecified atom stereocenters. The molecule has 0 saturated carbocycles. The third-order valence-corrected chi connectivity index (χ3v) is 6.88. The van der Waals surface area contributed by atoms with Crippen LogP contribution in [-0.4, -0.2) is 35.0 Å². The minimum atomic E-state index is -4.83. The molecule has 1 amide bonds. The molecule has 0 aliphatic carbocycles. The number of ether oxygens (including phenoxy) is 2. The maximum atomic E-state index is 13.5. The number of alkyl halides is 3. The van der Waals surface area contributed by atoms with Crippen LogP contribution >= 0.6 is 11.8 Å². The van der Waals surface area contributed by atoms with Crippen molar-refractivity contribution in [2.45, 2.75) is 29.4 Å². The van der Waals surface area contributed by atoms with Crippen LogP contribution in [0.2, 0.25) is 0 Å². The van der Waals surface area contributed by atoms with Crippen molar-refractivity contribution < 1.29 is 31.9 Å². The van der Waals surface area contributed by atoms with Crippen LogP contribution in [0.15, 0.2) is 74.1 Å². The number of aromatic amines is 1. The SMILES string of the molecule is COc1cc2c(cc1OC)CN(C(=O)c1c(Sc3ncc(-c4ccccc4)o3)cc(C(F)(F)F)[nH]c1=O)C2. The number of hydrogen-bond donors (Lipinski definition) is 1. The summed E-state index contributed by atoms with van der Waals surface area (Å²) in [4.78, 5) is 33.5. The van der Waals surface area contributed by atoms with E-state index in [1.807, 2.05) is 6.07 Å². The number of amides is 1. The van der Waals surface area contributed by atoms with Gasteiger partial charge in [0.05, 0.1) is 20.4 Å². The summed E-state index contributed by atoms with van der Waals surface area (Å²) < 4.78 is 56.9. The quantitative estimate of drug-likeness (QED) is 0.349. The molecule has 12 heteroatoms. The number of nitrogens with one attached hydrogen (secondary N) is 1. The van der Waals surface area contributed by atoms with Crippen molar-refractivity contribution in [1.29, 1.82) is 0 Å². The molecule has 196 valence electrons. The minimum absolute atomic E-state index is 0.0178. The van der Waals surface area contributed by atoms with Gasteiger partial charge in [-0.25, -0.2) is 4.98 Å². The highest BCUT2D eigenvalue weighted by molar-refractivity contribution is 7.99.